The Morgan fingerprint density at radius 3 is 2.55 bits per heavy atom. The molecule has 1 N–H and O–H groups in total. The zero-order valence-corrected chi connectivity index (χ0v) is 18.1. The van der Waals surface area contributed by atoms with Crippen LogP contribution >= 0.6 is 0 Å². The Morgan fingerprint density at radius 1 is 1.00 bits per heavy atom. The van der Waals surface area contributed by atoms with Crippen LogP contribution in [0.15, 0.2) is 77.7 Å². The fraction of sp³-hybridized carbons (Fsp3) is 0.208. The lowest BCUT2D eigenvalue weighted by molar-refractivity contribution is 0.102. The van der Waals surface area contributed by atoms with Crippen molar-refractivity contribution in [1.29, 1.82) is 0 Å². The number of carbonyl (C=O) groups is 1. The first-order chi connectivity index (χ1) is 15.0. The fourth-order valence-electron chi connectivity index (χ4n) is 3.67. The molecular weight excluding hydrogens is 412 g/mol. The van der Waals surface area contributed by atoms with Crippen molar-refractivity contribution >= 4 is 21.6 Å². The standard InChI is InChI=1S/C24H24N2O4S/c1-2-30-23-13-6-5-12-22(23)25-24(27)19-10-7-11-21(16-19)31(28,29)26-15-14-18-8-3-4-9-20(18)17-26/h3-13,16H,2,14-15,17H2,1H3,(H,25,27). The summed E-state index contributed by atoms with van der Waals surface area (Å²) in [4.78, 5) is 12.9. The Kier molecular flexibility index (Phi) is 6.06. The van der Waals surface area contributed by atoms with Gasteiger partial charge in [0.05, 0.1) is 17.2 Å². The van der Waals surface area contributed by atoms with E-state index < -0.39 is 15.9 Å². The molecule has 0 atom stereocenters. The number of sulfonamides is 1. The molecule has 1 amide bonds. The van der Waals surface area contributed by atoms with Gasteiger partial charge in [-0.05, 0) is 54.8 Å². The number of hydrogen-bond donors (Lipinski definition) is 1. The van der Waals surface area contributed by atoms with Gasteiger partial charge >= 0.3 is 0 Å². The summed E-state index contributed by atoms with van der Waals surface area (Å²) in [6.45, 7) is 3.08. The molecule has 1 aliphatic heterocycles. The number of rotatable bonds is 6. The first-order valence-electron chi connectivity index (χ1n) is 10.2. The van der Waals surface area contributed by atoms with E-state index >= 15 is 0 Å². The molecule has 0 radical (unpaired) electrons. The Morgan fingerprint density at radius 2 is 1.74 bits per heavy atom. The van der Waals surface area contributed by atoms with Gasteiger partial charge in [-0.3, -0.25) is 4.79 Å². The van der Waals surface area contributed by atoms with Crippen molar-refractivity contribution in [2.24, 2.45) is 0 Å². The molecule has 0 bridgehead atoms. The molecule has 7 heteroatoms. The van der Waals surface area contributed by atoms with E-state index in [9.17, 15) is 13.2 Å². The molecule has 3 aromatic carbocycles. The van der Waals surface area contributed by atoms with Gasteiger partial charge < -0.3 is 10.1 Å². The number of fused-ring (bicyclic) bond motifs is 1. The van der Waals surface area contributed by atoms with Crippen LogP contribution in [0, 0.1) is 0 Å². The van der Waals surface area contributed by atoms with Crippen molar-refractivity contribution in [2.75, 3.05) is 18.5 Å². The monoisotopic (exact) mass is 436 g/mol. The fourth-order valence-corrected chi connectivity index (χ4v) is 5.13. The second kappa shape index (κ2) is 8.91. The Bertz CT molecular complexity index is 1210. The van der Waals surface area contributed by atoms with Gasteiger partial charge in [0.1, 0.15) is 5.75 Å². The van der Waals surface area contributed by atoms with Crippen LogP contribution in [-0.4, -0.2) is 31.8 Å². The van der Waals surface area contributed by atoms with Crippen molar-refractivity contribution in [3.8, 4) is 5.75 Å². The SMILES string of the molecule is CCOc1ccccc1NC(=O)c1cccc(S(=O)(=O)N2CCc3ccccc3C2)c1. The molecule has 0 spiro atoms. The number of ether oxygens (including phenoxy) is 1. The van der Waals surface area contributed by atoms with Crippen LogP contribution in [0.4, 0.5) is 5.69 Å². The zero-order valence-electron chi connectivity index (χ0n) is 17.2. The van der Waals surface area contributed by atoms with Crippen molar-refractivity contribution in [2.45, 2.75) is 24.8 Å². The predicted molar refractivity (Wildman–Crippen MR) is 120 cm³/mol. The highest BCUT2D eigenvalue weighted by Crippen LogP contribution is 2.27. The molecule has 4 rings (SSSR count). The number of nitrogens with zero attached hydrogens (tertiary/aromatic N) is 1. The number of para-hydroxylation sites is 2. The van der Waals surface area contributed by atoms with Gasteiger partial charge in [0.15, 0.2) is 0 Å². The highest BCUT2D eigenvalue weighted by molar-refractivity contribution is 7.89. The first-order valence-corrected chi connectivity index (χ1v) is 11.6. The number of benzene rings is 3. The van der Waals surface area contributed by atoms with Gasteiger partial charge in [0.2, 0.25) is 10.0 Å². The summed E-state index contributed by atoms with van der Waals surface area (Å²) in [7, 11) is -3.72. The van der Waals surface area contributed by atoms with E-state index in [-0.39, 0.29) is 10.5 Å². The van der Waals surface area contributed by atoms with Gasteiger partial charge in [-0.1, -0.05) is 42.5 Å². The maximum atomic E-state index is 13.2. The minimum atomic E-state index is -3.72. The maximum Gasteiger partial charge on any atom is 0.255 e. The summed E-state index contributed by atoms with van der Waals surface area (Å²) in [5.41, 5.74) is 2.99. The Hall–Kier alpha value is -3.16. The van der Waals surface area contributed by atoms with Gasteiger partial charge in [0.25, 0.3) is 5.91 Å². The number of nitrogens with one attached hydrogen (secondary N) is 1. The van der Waals surface area contributed by atoms with Crippen molar-refractivity contribution in [3.05, 3.63) is 89.5 Å². The number of anilines is 1. The lowest BCUT2D eigenvalue weighted by Crippen LogP contribution is -2.36. The molecule has 0 aromatic heterocycles. The van der Waals surface area contributed by atoms with Gasteiger partial charge in [-0.2, -0.15) is 4.31 Å². The summed E-state index contributed by atoms with van der Waals surface area (Å²) < 4.78 is 33.5. The van der Waals surface area contributed by atoms with Crippen molar-refractivity contribution in [1.82, 2.24) is 4.31 Å². The highest BCUT2D eigenvalue weighted by atomic mass is 32.2. The van der Waals surface area contributed by atoms with Crippen LogP contribution in [0.25, 0.3) is 0 Å². The largest absolute Gasteiger partial charge is 0.492 e. The van der Waals surface area contributed by atoms with Crippen LogP contribution in [-0.2, 0) is 23.0 Å². The molecule has 0 unspecified atom stereocenters. The Labute approximate surface area is 182 Å². The van der Waals surface area contributed by atoms with Crippen molar-refractivity contribution in [3.63, 3.8) is 0 Å². The smallest absolute Gasteiger partial charge is 0.255 e. The average Bonchev–Trinajstić information content (AvgIpc) is 2.80. The molecule has 6 nitrogen and oxygen atoms in total. The molecule has 1 aliphatic rings. The highest BCUT2D eigenvalue weighted by Gasteiger charge is 2.28. The van der Waals surface area contributed by atoms with Crippen LogP contribution in [0.3, 0.4) is 0 Å². The molecule has 1 heterocycles. The number of amides is 1. The van der Waals surface area contributed by atoms with E-state index in [2.05, 4.69) is 5.32 Å². The molecular formula is C24H24N2O4S. The molecule has 0 saturated heterocycles. The van der Waals surface area contributed by atoms with Gasteiger partial charge in [-0.15, -0.1) is 0 Å². The van der Waals surface area contributed by atoms with Crippen LogP contribution < -0.4 is 10.1 Å². The maximum absolute atomic E-state index is 13.2. The van der Waals surface area contributed by atoms with Crippen LogP contribution in [0.1, 0.15) is 28.4 Å². The third-order valence-corrected chi connectivity index (χ3v) is 7.11. The lowest BCUT2D eigenvalue weighted by atomic mass is 10.0. The summed E-state index contributed by atoms with van der Waals surface area (Å²) in [5, 5.41) is 2.81. The summed E-state index contributed by atoms with van der Waals surface area (Å²) in [6.07, 6.45) is 0.670. The first kappa shape index (κ1) is 21.1. The third-order valence-electron chi connectivity index (χ3n) is 5.26. The average molecular weight is 437 g/mol. The minimum absolute atomic E-state index is 0.109. The summed E-state index contributed by atoms with van der Waals surface area (Å²) in [5.74, 6) is 0.169. The predicted octanol–water partition coefficient (Wildman–Crippen LogP) is 4.08. The molecule has 0 fully saturated rings. The Balaban J connectivity index is 1.56. The lowest BCUT2D eigenvalue weighted by Gasteiger charge is -2.28. The van der Waals surface area contributed by atoms with E-state index in [1.165, 1.54) is 22.0 Å². The quantitative estimate of drug-likeness (QED) is 0.632. The number of carbonyl (C=O) groups excluding carboxylic acids is 1. The van der Waals surface area contributed by atoms with E-state index in [1.54, 1.807) is 30.3 Å². The van der Waals surface area contributed by atoms with Crippen molar-refractivity contribution < 1.29 is 17.9 Å². The second-order valence-corrected chi connectivity index (χ2v) is 9.21. The van der Waals surface area contributed by atoms with Crippen LogP contribution in [0.5, 0.6) is 5.75 Å². The topological polar surface area (TPSA) is 75.7 Å². The van der Waals surface area contributed by atoms with E-state index in [4.69, 9.17) is 4.74 Å². The summed E-state index contributed by atoms with van der Waals surface area (Å²) >= 11 is 0. The normalized spacial score (nSPS) is 14.0. The number of hydrogen-bond acceptors (Lipinski definition) is 4. The van der Waals surface area contributed by atoms with Crippen LogP contribution in [0.2, 0.25) is 0 Å². The second-order valence-electron chi connectivity index (χ2n) is 7.27. The molecule has 31 heavy (non-hydrogen) atoms. The molecule has 160 valence electrons. The van der Waals surface area contributed by atoms with E-state index in [0.717, 1.165) is 5.56 Å². The molecule has 0 saturated carbocycles. The van der Waals surface area contributed by atoms with Gasteiger partial charge in [-0.25, -0.2) is 8.42 Å². The molecule has 0 aliphatic carbocycles. The van der Waals surface area contributed by atoms with E-state index in [1.807, 2.05) is 37.3 Å². The van der Waals surface area contributed by atoms with E-state index in [0.29, 0.717) is 37.6 Å². The molecule has 3 aromatic rings. The zero-order chi connectivity index (χ0) is 21.8. The minimum Gasteiger partial charge on any atom is -0.492 e. The van der Waals surface area contributed by atoms with Gasteiger partial charge in [0, 0.05) is 18.7 Å². The summed E-state index contributed by atoms with van der Waals surface area (Å²) in [6, 6.07) is 21.2. The third kappa shape index (κ3) is 4.47.